The molecule has 4 heteroatoms. The highest BCUT2D eigenvalue weighted by molar-refractivity contribution is 9.11. The molecule has 12 heavy (non-hydrogen) atoms. The normalized spacial score (nSPS) is 14.7. The standard InChI is InChI=1S/C8H11BrN2O/c1-3-4-7(9)5-6(2)8(10)11-12/h3-5,12H,1H2,2H3,(H2,10,11)/b6-5+,7-4+. The molecule has 3 nitrogen and oxygen atoms in total. The Morgan fingerprint density at radius 3 is 2.67 bits per heavy atom. The molecule has 0 aliphatic rings. The van der Waals surface area contributed by atoms with Crippen molar-refractivity contribution in [1.29, 1.82) is 0 Å². The smallest absolute Gasteiger partial charge is 0.165 e. The predicted molar refractivity (Wildman–Crippen MR) is 54.4 cm³/mol. The first-order valence-electron chi connectivity index (χ1n) is 3.26. The molecule has 0 saturated heterocycles. The van der Waals surface area contributed by atoms with Gasteiger partial charge in [-0.2, -0.15) is 0 Å². The highest BCUT2D eigenvalue weighted by atomic mass is 79.9. The number of allylic oxidation sites excluding steroid dienone is 4. The van der Waals surface area contributed by atoms with E-state index in [0.717, 1.165) is 4.48 Å². The van der Waals surface area contributed by atoms with Gasteiger partial charge in [-0.05, 0) is 24.6 Å². The molecule has 3 N–H and O–H groups in total. The number of oxime groups is 1. The van der Waals surface area contributed by atoms with Crippen molar-refractivity contribution < 1.29 is 5.21 Å². The van der Waals surface area contributed by atoms with Crippen molar-refractivity contribution in [3.8, 4) is 0 Å². The molecule has 0 aliphatic heterocycles. The number of halogens is 1. The summed E-state index contributed by atoms with van der Waals surface area (Å²) in [5.74, 6) is 0.101. The van der Waals surface area contributed by atoms with Crippen LogP contribution in [0.25, 0.3) is 0 Å². The highest BCUT2D eigenvalue weighted by Gasteiger charge is 1.95. The van der Waals surface area contributed by atoms with E-state index < -0.39 is 0 Å². The van der Waals surface area contributed by atoms with Crippen molar-refractivity contribution in [2.24, 2.45) is 10.9 Å². The van der Waals surface area contributed by atoms with Crippen molar-refractivity contribution in [2.75, 3.05) is 0 Å². The van der Waals surface area contributed by atoms with E-state index in [1.54, 1.807) is 25.2 Å². The average Bonchev–Trinajstić information content (AvgIpc) is 2.03. The molecule has 0 aromatic rings. The van der Waals surface area contributed by atoms with E-state index in [0.29, 0.717) is 5.57 Å². The molecular formula is C8H11BrN2O. The number of amidine groups is 1. The van der Waals surface area contributed by atoms with Crippen LogP contribution in [0.5, 0.6) is 0 Å². The van der Waals surface area contributed by atoms with Crippen molar-refractivity contribution in [3.05, 3.63) is 34.9 Å². The second-order valence-corrected chi connectivity index (χ2v) is 3.02. The van der Waals surface area contributed by atoms with E-state index in [2.05, 4.69) is 27.7 Å². The summed E-state index contributed by atoms with van der Waals surface area (Å²) >= 11 is 3.26. The lowest BCUT2D eigenvalue weighted by molar-refractivity contribution is 0.318. The summed E-state index contributed by atoms with van der Waals surface area (Å²) in [4.78, 5) is 0. The Labute approximate surface area is 80.1 Å². The Bertz CT molecular complexity index is 254. The zero-order valence-electron chi connectivity index (χ0n) is 6.79. The Balaban J connectivity index is 4.56. The summed E-state index contributed by atoms with van der Waals surface area (Å²) < 4.78 is 0.821. The van der Waals surface area contributed by atoms with Crippen LogP contribution in [0, 0.1) is 0 Å². The van der Waals surface area contributed by atoms with Gasteiger partial charge < -0.3 is 10.9 Å². The Morgan fingerprint density at radius 1 is 1.67 bits per heavy atom. The zero-order valence-corrected chi connectivity index (χ0v) is 8.37. The van der Waals surface area contributed by atoms with Crippen LogP contribution in [0.3, 0.4) is 0 Å². The van der Waals surface area contributed by atoms with Gasteiger partial charge in [0.15, 0.2) is 5.84 Å². The van der Waals surface area contributed by atoms with Gasteiger partial charge in [-0.15, -0.1) is 0 Å². The summed E-state index contributed by atoms with van der Waals surface area (Å²) in [7, 11) is 0. The molecular weight excluding hydrogens is 220 g/mol. The van der Waals surface area contributed by atoms with Crippen LogP contribution >= 0.6 is 15.9 Å². The van der Waals surface area contributed by atoms with Crippen LogP contribution in [0.2, 0.25) is 0 Å². The second kappa shape index (κ2) is 5.60. The largest absolute Gasteiger partial charge is 0.409 e. The average molecular weight is 231 g/mol. The lowest BCUT2D eigenvalue weighted by Gasteiger charge is -1.96. The van der Waals surface area contributed by atoms with Crippen LogP contribution < -0.4 is 5.73 Å². The summed E-state index contributed by atoms with van der Waals surface area (Å²) in [6.45, 7) is 5.27. The van der Waals surface area contributed by atoms with Gasteiger partial charge in [-0.1, -0.05) is 33.7 Å². The minimum Gasteiger partial charge on any atom is -0.409 e. The molecule has 0 radical (unpaired) electrons. The Morgan fingerprint density at radius 2 is 2.25 bits per heavy atom. The Hall–Kier alpha value is -1.03. The molecule has 0 saturated carbocycles. The third-order valence-corrected chi connectivity index (χ3v) is 1.64. The quantitative estimate of drug-likeness (QED) is 0.257. The lowest BCUT2D eigenvalue weighted by Crippen LogP contribution is -2.12. The minimum absolute atomic E-state index is 0.101. The maximum absolute atomic E-state index is 8.32. The van der Waals surface area contributed by atoms with Gasteiger partial charge in [0.2, 0.25) is 0 Å². The van der Waals surface area contributed by atoms with Crippen LogP contribution in [0.4, 0.5) is 0 Å². The molecule has 0 amide bonds. The van der Waals surface area contributed by atoms with E-state index in [-0.39, 0.29) is 5.84 Å². The van der Waals surface area contributed by atoms with E-state index in [1.807, 2.05) is 0 Å². The number of hydrogen-bond acceptors (Lipinski definition) is 2. The van der Waals surface area contributed by atoms with Crippen LogP contribution in [0.1, 0.15) is 6.92 Å². The fourth-order valence-electron chi connectivity index (χ4n) is 0.520. The van der Waals surface area contributed by atoms with Crippen molar-refractivity contribution in [3.63, 3.8) is 0 Å². The van der Waals surface area contributed by atoms with Crippen molar-refractivity contribution >= 4 is 21.8 Å². The SMILES string of the molecule is C=C\C=C(Br)/C=C(C)/C(N)=N/O. The van der Waals surface area contributed by atoms with Gasteiger partial charge in [0.1, 0.15) is 0 Å². The number of hydrogen-bond donors (Lipinski definition) is 2. The lowest BCUT2D eigenvalue weighted by atomic mass is 10.2. The van der Waals surface area contributed by atoms with Crippen LogP contribution in [-0.2, 0) is 0 Å². The van der Waals surface area contributed by atoms with Crippen molar-refractivity contribution in [1.82, 2.24) is 0 Å². The van der Waals surface area contributed by atoms with E-state index in [9.17, 15) is 0 Å². The summed E-state index contributed by atoms with van der Waals surface area (Å²) in [5.41, 5.74) is 6.00. The summed E-state index contributed by atoms with van der Waals surface area (Å²) in [6, 6.07) is 0. The number of rotatable bonds is 3. The number of nitrogens with zero attached hydrogens (tertiary/aromatic N) is 1. The summed E-state index contributed by atoms with van der Waals surface area (Å²) in [5, 5.41) is 11.2. The van der Waals surface area contributed by atoms with Gasteiger partial charge in [0.05, 0.1) is 0 Å². The molecule has 66 valence electrons. The molecule has 0 unspecified atom stereocenters. The molecule has 0 atom stereocenters. The fourth-order valence-corrected chi connectivity index (χ4v) is 1.05. The minimum atomic E-state index is 0.101. The van der Waals surface area contributed by atoms with Gasteiger partial charge in [-0.3, -0.25) is 0 Å². The van der Waals surface area contributed by atoms with Gasteiger partial charge in [-0.25, -0.2) is 0 Å². The molecule has 0 rings (SSSR count). The molecule has 0 aromatic carbocycles. The molecule has 0 aromatic heterocycles. The second-order valence-electron chi connectivity index (χ2n) is 2.10. The summed E-state index contributed by atoms with van der Waals surface area (Å²) in [6.07, 6.45) is 5.13. The van der Waals surface area contributed by atoms with E-state index >= 15 is 0 Å². The number of nitrogens with two attached hydrogens (primary N) is 1. The highest BCUT2D eigenvalue weighted by Crippen LogP contribution is 2.09. The molecule has 0 spiro atoms. The first-order chi connectivity index (χ1) is 5.61. The maximum atomic E-state index is 8.32. The van der Waals surface area contributed by atoms with E-state index in [4.69, 9.17) is 10.9 Å². The Kier molecular flexibility index (Phi) is 5.12. The predicted octanol–water partition coefficient (Wildman–Crippen LogP) is 2.14. The molecule has 0 bridgehead atoms. The van der Waals surface area contributed by atoms with E-state index in [1.165, 1.54) is 0 Å². The zero-order chi connectivity index (χ0) is 9.56. The van der Waals surface area contributed by atoms with Gasteiger partial charge >= 0.3 is 0 Å². The fraction of sp³-hybridized carbons (Fsp3) is 0.125. The van der Waals surface area contributed by atoms with Crippen LogP contribution in [0.15, 0.2) is 40.0 Å². The maximum Gasteiger partial charge on any atom is 0.165 e. The first kappa shape index (κ1) is 11.0. The van der Waals surface area contributed by atoms with Gasteiger partial charge in [0, 0.05) is 4.48 Å². The first-order valence-corrected chi connectivity index (χ1v) is 4.05. The third kappa shape index (κ3) is 3.98. The molecule has 0 aliphatic carbocycles. The van der Waals surface area contributed by atoms with Gasteiger partial charge in [0.25, 0.3) is 0 Å². The van der Waals surface area contributed by atoms with Crippen molar-refractivity contribution in [2.45, 2.75) is 6.92 Å². The topological polar surface area (TPSA) is 58.6 Å². The molecule has 0 fully saturated rings. The van der Waals surface area contributed by atoms with Crippen LogP contribution in [-0.4, -0.2) is 11.0 Å². The third-order valence-electron chi connectivity index (χ3n) is 1.14. The monoisotopic (exact) mass is 230 g/mol. The molecule has 0 heterocycles.